The van der Waals surface area contributed by atoms with Gasteiger partial charge in [0.15, 0.2) is 11.6 Å². The molecule has 0 spiro atoms. The number of likely N-dealkylation sites (tertiary alicyclic amines) is 1. The van der Waals surface area contributed by atoms with Crippen LogP contribution in [0.15, 0.2) is 24.3 Å². The molecule has 0 bridgehead atoms. The average Bonchev–Trinajstić information content (AvgIpc) is 2.44. The van der Waals surface area contributed by atoms with Gasteiger partial charge in [-0.05, 0) is 18.6 Å². The van der Waals surface area contributed by atoms with Gasteiger partial charge in [-0.1, -0.05) is 12.1 Å². The maximum Gasteiger partial charge on any atom is 0.165 e. The second kappa shape index (κ2) is 6.52. The Hall–Kier alpha value is -1.17. The quantitative estimate of drug-likeness (QED) is 0.822. The number of para-hydroxylation sites is 1. The standard InChI is InChI=1S/C15H20FNO3/c16-14-3-1-2-4-15(14)20-13-9-17(10-13)6-5-12-11-18-7-8-19-12/h1-4,12-13H,5-11H2. The van der Waals surface area contributed by atoms with Crippen LogP contribution in [0.2, 0.25) is 0 Å². The molecule has 2 aliphatic rings. The van der Waals surface area contributed by atoms with E-state index in [4.69, 9.17) is 14.2 Å². The smallest absolute Gasteiger partial charge is 0.165 e. The predicted molar refractivity (Wildman–Crippen MR) is 72.4 cm³/mol. The number of hydrogen-bond acceptors (Lipinski definition) is 4. The van der Waals surface area contributed by atoms with Crippen LogP contribution in [0.25, 0.3) is 0 Å². The molecule has 0 N–H and O–H groups in total. The zero-order chi connectivity index (χ0) is 13.8. The third kappa shape index (κ3) is 3.48. The van der Waals surface area contributed by atoms with E-state index in [2.05, 4.69) is 4.90 Å². The summed E-state index contributed by atoms with van der Waals surface area (Å²) in [5, 5.41) is 0. The van der Waals surface area contributed by atoms with Gasteiger partial charge in [-0.15, -0.1) is 0 Å². The Morgan fingerprint density at radius 2 is 2.10 bits per heavy atom. The normalized spacial score (nSPS) is 24.4. The predicted octanol–water partition coefficient (Wildman–Crippen LogP) is 1.69. The minimum absolute atomic E-state index is 0.0930. The van der Waals surface area contributed by atoms with Crippen molar-refractivity contribution in [3.8, 4) is 5.75 Å². The summed E-state index contributed by atoms with van der Waals surface area (Å²) in [6, 6.07) is 6.55. The topological polar surface area (TPSA) is 30.9 Å². The van der Waals surface area contributed by atoms with Crippen LogP contribution in [0.1, 0.15) is 6.42 Å². The first-order chi connectivity index (χ1) is 9.81. The number of ether oxygens (including phenoxy) is 3. The molecule has 2 aliphatic heterocycles. The van der Waals surface area contributed by atoms with Gasteiger partial charge in [0.2, 0.25) is 0 Å². The summed E-state index contributed by atoms with van der Waals surface area (Å²) in [6.07, 6.45) is 1.29. The lowest BCUT2D eigenvalue weighted by molar-refractivity contribution is -0.0964. The summed E-state index contributed by atoms with van der Waals surface area (Å²) in [5.41, 5.74) is 0. The van der Waals surface area contributed by atoms with E-state index in [1.807, 2.05) is 0 Å². The molecule has 0 saturated carbocycles. The van der Waals surface area contributed by atoms with Gasteiger partial charge in [0, 0.05) is 19.6 Å². The number of rotatable bonds is 5. The van der Waals surface area contributed by atoms with E-state index < -0.39 is 0 Å². The Kier molecular flexibility index (Phi) is 4.50. The van der Waals surface area contributed by atoms with Crippen LogP contribution >= 0.6 is 0 Å². The summed E-state index contributed by atoms with van der Waals surface area (Å²) in [7, 11) is 0. The number of nitrogens with zero attached hydrogens (tertiary/aromatic N) is 1. The molecule has 1 aromatic carbocycles. The first-order valence-corrected chi connectivity index (χ1v) is 7.14. The van der Waals surface area contributed by atoms with Gasteiger partial charge in [-0.2, -0.15) is 0 Å². The highest BCUT2D eigenvalue weighted by atomic mass is 19.1. The van der Waals surface area contributed by atoms with E-state index in [0.29, 0.717) is 25.6 Å². The van der Waals surface area contributed by atoms with Crippen LogP contribution in [-0.2, 0) is 9.47 Å². The molecule has 5 heteroatoms. The maximum atomic E-state index is 13.4. The Morgan fingerprint density at radius 1 is 1.25 bits per heavy atom. The Labute approximate surface area is 118 Å². The largest absolute Gasteiger partial charge is 0.485 e. The zero-order valence-corrected chi connectivity index (χ0v) is 11.5. The van der Waals surface area contributed by atoms with E-state index in [-0.39, 0.29) is 18.0 Å². The molecule has 0 radical (unpaired) electrons. The molecule has 0 amide bonds. The van der Waals surface area contributed by atoms with Crippen LogP contribution in [0.3, 0.4) is 0 Å². The summed E-state index contributed by atoms with van der Waals surface area (Å²) >= 11 is 0. The van der Waals surface area contributed by atoms with Crippen LogP contribution in [0, 0.1) is 5.82 Å². The summed E-state index contributed by atoms with van der Waals surface area (Å²) in [4.78, 5) is 2.30. The lowest BCUT2D eigenvalue weighted by Crippen LogP contribution is -2.54. The molecule has 4 nitrogen and oxygen atoms in total. The molecule has 1 atom stereocenters. The van der Waals surface area contributed by atoms with Crippen molar-refractivity contribution in [1.82, 2.24) is 4.90 Å². The minimum Gasteiger partial charge on any atom is -0.485 e. The van der Waals surface area contributed by atoms with Crippen molar-refractivity contribution in [1.29, 1.82) is 0 Å². The van der Waals surface area contributed by atoms with Gasteiger partial charge in [-0.3, -0.25) is 4.90 Å². The lowest BCUT2D eigenvalue weighted by Gasteiger charge is -2.39. The molecule has 2 saturated heterocycles. The van der Waals surface area contributed by atoms with Gasteiger partial charge in [0.05, 0.1) is 25.9 Å². The fraction of sp³-hybridized carbons (Fsp3) is 0.600. The van der Waals surface area contributed by atoms with Crippen molar-refractivity contribution in [2.24, 2.45) is 0 Å². The van der Waals surface area contributed by atoms with Crippen LogP contribution in [-0.4, -0.2) is 56.6 Å². The monoisotopic (exact) mass is 281 g/mol. The number of halogens is 1. The highest BCUT2D eigenvalue weighted by Gasteiger charge is 2.29. The molecule has 1 unspecified atom stereocenters. The first-order valence-electron chi connectivity index (χ1n) is 7.14. The molecule has 20 heavy (non-hydrogen) atoms. The summed E-state index contributed by atoms with van der Waals surface area (Å²) < 4.78 is 30.0. The molecular formula is C15H20FNO3. The van der Waals surface area contributed by atoms with Gasteiger partial charge in [0.25, 0.3) is 0 Å². The Bertz CT molecular complexity index is 431. The second-order valence-electron chi connectivity index (χ2n) is 5.29. The molecule has 1 aromatic rings. The van der Waals surface area contributed by atoms with E-state index in [1.54, 1.807) is 18.2 Å². The van der Waals surface area contributed by atoms with Gasteiger partial charge < -0.3 is 14.2 Å². The van der Waals surface area contributed by atoms with Gasteiger partial charge in [0.1, 0.15) is 6.10 Å². The number of benzene rings is 1. The average molecular weight is 281 g/mol. The van der Waals surface area contributed by atoms with E-state index >= 15 is 0 Å². The van der Waals surface area contributed by atoms with Crippen LogP contribution in [0.4, 0.5) is 4.39 Å². The van der Waals surface area contributed by atoms with Crippen LogP contribution in [0.5, 0.6) is 5.75 Å². The summed E-state index contributed by atoms with van der Waals surface area (Å²) in [5.74, 6) is 0.0554. The molecule has 3 rings (SSSR count). The van der Waals surface area contributed by atoms with Crippen molar-refractivity contribution < 1.29 is 18.6 Å². The van der Waals surface area contributed by atoms with Crippen molar-refractivity contribution in [3.63, 3.8) is 0 Å². The molecular weight excluding hydrogens is 261 g/mol. The van der Waals surface area contributed by atoms with E-state index in [9.17, 15) is 4.39 Å². The van der Waals surface area contributed by atoms with E-state index in [0.717, 1.165) is 26.1 Å². The fourth-order valence-electron chi connectivity index (χ4n) is 2.53. The molecule has 2 fully saturated rings. The van der Waals surface area contributed by atoms with Gasteiger partial charge in [-0.25, -0.2) is 4.39 Å². The zero-order valence-electron chi connectivity index (χ0n) is 11.5. The van der Waals surface area contributed by atoms with E-state index in [1.165, 1.54) is 6.07 Å². The maximum absolute atomic E-state index is 13.4. The van der Waals surface area contributed by atoms with Crippen molar-refractivity contribution in [2.75, 3.05) is 39.5 Å². The third-order valence-electron chi connectivity index (χ3n) is 3.71. The van der Waals surface area contributed by atoms with Gasteiger partial charge >= 0.3 is 0 Å². The fourth-order valence-corrected chi connectivity index (χ4v) is 2.53. The highest BCUT2D eigenvalue weighted by Crippen LogP contribution is 2.21. The Balaban J connectivity index is 1.35. The molecule has 0 aliphatic carbocycles. The van der Waals surface area contributed by atoms with Crippen molar-refractivity contribution >= 4 is 0 Å². The van der Waals surface area contributed by atoms with Crippen LogP contribution < -0.4 is 4.74 Å². The second-order valence-corrected chi connectivity index (χ2v) is 5.29. The first kappa shape index (κ1) is 13.8. The molecule has 110 valence electrons. The lowest BCUT2D eigenvalue weighted by atomic mass is 10.1. The Morgan fingerprint density at radius 3 is 2.85 bits per heavy atom. The van der Waals surface area contributed by atoms with Crippen molar-refractivity contribution in [2.45, 2.75) is 18.6 Å². The summed E-state index contributed by atoms with van der Waals surface area (Å²) in [6.45, 7) is 4.78. The third-order valence-corrected chi connectivity index (χ3v) is 3.71. The number of hydrogen-bond donors (Lipinski definition) is 0. The molecule has 2 heterocycles. The highest BCUT2D eigenvalue weighted by molar-refractivity contribution is 5.24. The minimum atomic E-state index is -0.293. The SMILES string of the molecule is Fc1ccccc1OC1CN(CCC2COCCO2)C1. The molecule has 0 aromatic heterocycles. The van der Waals surface area contributed by atoms with Crippen molar-refractivity contribution in [3.05, 3.63) is 30.1 Å².